The number of aromatic nitrogens is 1. The first-order valence-corrected chi connectivity index (χ1v) is 7.35. The van der Waals surface area contributed by atoms with E-state index in [1.807, 2.05) is 0 Å². The van der Waals surface area contributed by atoms with Gasteiger partial charge >= 0.3 is 0 Å². The first-order valence-electron chi connectivity index (χ1n) is 7.35. The average Bonchev–Trinajstić information content (AvgIpc) is 2.24. The maximum Gasteiger partial charge on any atom is 0.0444 e. The van der Waals surface area contributed by atoms with Crippen molar-refractivity contribution < 1.29 is 0 Å². The lowest BCUT2D eigenvalue weighted by molar-refractivity contribution is 0.297. The molecule has 0 saturated carbocycles. The van der Waals surface area contributed by atoms with Crippen LogP contribution < -0.4 is 0 Å². The average molecular weight is 243 g/mol. The van der Waals surface area contributed by atoms with E-state index in [9.17, 15) is 0 Å². The van der Waals surface area contributed by atoms with E-state index in [2.05, 4.69) is 33.8 Å². The van der Waals surface area contributed by atoms with E-state index in [-0.39, 0.29) is 0 Å². The molecule has 0 aliphatic heterocycles. The maximum atomic E-state index is 5.05. The predicted octanol–water partition coefficient (Wildman–Crippen LogP) is 4.11. The van der Waals surface area contributed by atoms with Crippen LogP contribution in [-0.2, 0) is 25.7 Å². The minimum Gasteiger partial charge on any atom is -0.257 e. The van der Waals surface area contributed by atoms with Crippen LogP contribution in [0.25, 0.3) is 0 Å². The van der Waals surface area contributed by atoms with Gasteiger partial charge in [-0.15, -0.1) is 0 Å². The minimum atomic E-state index is 0.443. The molecular weight excluding hydrogens is 218 g/mol. The molecule has 3 rings (SSSR count). The second-order valence-electron chi connectivity index (χ2n) is 7.88. The zero-order valence-electron chi connectivity index (χ0n) is 12.3. The summed E-state index contributed by atoms with van der Waals surface area (Å²) >= 11 is 0. The van der Waals surface area contributed by atoms with Gasteiger partial charge in [0.25, 0.3) is 0 Å². The van der Waals surface area contributed by atoms with E-state index < -0.39 is 0 Å². The van der Waals surface area contributed by atoms with Crippen molar-refractivity contribution in [1.29, 1.82) is 0 Å². The summed E-state index contributed by atoms with van der Waals surface area (Å²) in [6.07, 6.45) is 7.40. The van der Waals surface area contributed by atoms with Crippen LogP contribution in [0.2, 0.25) is 0 Å². The van der Waals surface area contributed by atoms with Gasteiger partial charge in [-0.25, -0.2) is 0 Å². The Morgan fingerprint density at radius 2 is 1.28 bits per heavy atom. The third-order valence-electron chi connectivity index (χ3n) is 4.79. The van der Waals surface area contributed by atoms with Gasteiger partial charge in [0.05, 0.1) is 0 Å². The Morgan fingerprint density at radius 3 is 1.72 bits per heavy atom. The van der Waals surface area contributed by atoms with Crippen LogP contribution in [0.3, 0.4) is 0 Å². The molecule has 0 aromatic carbocycles. The van der Waals surface area contributed by atoms with E-state index in [4.69, 9.17) is 4.98 Å². The highest BCUT2D eigenvalue weighted by molar-refractivity contribution is 5.35. The summed E-state index contributed by atoms with van der Waals surface area (Å²) in [5.41, 5.74) is 6.74. The quantitative estimate of drug-likeness (QED) is 0.668. The lowest BCUT2D eigenvalue weighted by Crippen LogP contribution is -2.27. The molecule has 0 saturated heterocycles. The van der Waals surface area contributed by atoms with E-state index in [0.717, 1.165) is 12.8 Å². The van der Waals surface area contributed by atoms with Crippen molar-refractivity contribution >= 4 is 0 Å². The molecule has 98 valence electrons. The van der Waals surface area contributed by atoms with Crippen molar-refractivity contribution in [1.82, 2.24) is 4.98 Å². The number of aryl methyl sites for hydroxylation is 2. The largest absolute Gasteiger partial charge is 0.257 e. The summed E-state index contributed by atoms with van der Waals surface area (Å²) in [5, 5.41) is 0. The van der Waals surface area contributed by atoms with Gasteiger partial charge in [-0.05, 0) is 60.5 Å². The lowest BCUT2D eigenvalue weighted by atomic mass is 9.73. The molecule has 1 aromatic heterocycles. The third-order valence-corrected chi connectivity index (χ3v) is 4.79. The minimum absolute atomic E-state index is 0.443. The molecule has 0 atom stereocenters. The van der Waals surface area contributed by atoms with Gasteiger partial charge in [0, 0.05) is 11.4 Å². The number of nitrogens with zero attached hydrogens (tertiary/aromatic N) is 1. The summed E-state index contributed by atoms with van der Waals surface area (Å²) < 4.78 is 0. The Bertz CT molecular complexity index is 441. The number of hydrogen-bond donors (Lipinski definition) is 0. The van der Waals surface area contributed by atoms with Gasteiger partial charge < -0.3 is 0 Å². The molecule has 2 aliphatic rings. The van der Waals surface area contributed by atoms with Crippen LogP contribution in [0.1, 0.15) is 63.1 Å². The van der Waals surface area contributed by atoms with Gasteiger partial charge in [0.1, 0.15) is 0 Å². The molecule has 0 unspecified atom stereocenters. The van der Waals surface area contributed by atoms with Gasteiger partial charge in [-0.1, -0.05) is 33.8 Å². The SMILES string of the molecule is CC1(C)CCc2cc3c(nc2C1)CC(C)(C)CC3. The Kier molecular flexibility index (Phi) is 2.59. The van der Waals surface area contributed by atoms with Gasteiger partial charge in [-0.2, -0.15) is 0 Å². The highest BCUT2D eigenvalue weighted by Crippen LogP contribution is 2.38. The van der Waals surface area contributed by atoms with Crippen molar-refractivity contribution in [3.8, 4) is 0 Å². The summed E-state index contributed by atoms with van der Waals surface area (Å²) in [5.74, 6) is 0. The molecule has 18 heavy (non-hydrogen) atoms. The molecule has 1 heteroatoms. The molecule has 0 amide bonds. The van der Waals surface area contributed by atoms with Crippen LogP contribution in [0, 0.1) is 10.8 Å². The smallest absolute Gasteiger partial charge is 0.0444 e. The fourth-order valence-corrected chi connectivity index (χ4v) is 3.45. The van der Waals surface area contributed by atoms with Crippen LogP contribution in [0.4, 0.5) is 0 Å². The van der Waals surface area contributed by atoms with Crippen LogP contribution in [0.5, 0.6) is 0 Å². The van der Waals surface area contributed by atoms with Gasteiger partial charge in [0.2, 0.25) is 0 Å². The fourth-order valence-electron chi connectivity index (χ4n) is 3.45. The molecule has 1 nitrogen and oxygen atoms in total. The molecule has 1 heterocycles. The van der Waals surface area contributed by atoms with Crippen LogP contribution in [-0.4, -0.2) is 4.98 Å². The Labute approximate surface area is 111 Å². The van der Waals surface area contributed by atoms with Gasteiger partial charge in [-0.3, -0.25) is 4.98 Å². The highest BCUT2D eigenvalue weighted by atomic mass is 14.7. The molecule has 1 aromatic rings. The second-order valence-corrected chi connectivity index (χ2v) is 7.88. The van der Waals surface area contributed by atoms with Crippen LogP contribution in [0.15, 0.2) is 6.07 Å². The van der Waals surface area contributed by atoms with Crippen molar-refractivity contribution in [3.63, 3.8) is 0 Å². The van der Waals surface area contributed by atoms with E-state index >= 15 is 0 Å². The molecule has 0 spiro atoms. The first-order chi connectivity index (χ1) is 8.35. The predicted molar refractivity (Wildman–Crippen MR) is 75.8 cm³/mol. The summed E-state index contributed by atoms with van der Waals surface area (Å²) in [7, 11) is 0. The third kappa shape index (κ3) is 2.20. The summed E-state index contributed by atoms with van der Waals surface area (Å²) in [6, 6.07) is 2.47. The van der Waals surface area contributed by atoms with E-state index in [1.54, 1.807) is 0 Å². The molecule has 0 bridgehead atoms. The normalized spacial score (nSPS) is 24.2. The zero-order chi connectivity index (χ0) is 13.0. The van der Waals surface area contributed by atoms with Crippen molar-refractivity contribution in [3.05, 3.63) is 28.6 Å². The van der Waals surface area contributed by atoms with E-state index in [1.165, 1.54) is 48.2 Å². The first kappa shape index (κ1) is 12.2. The maximum absolute atomic E-state index is 5.05. The second kappa shape index (κ2) is 3.82. The lowest BCUT2D eigenvalue weighted by Gasteiger charge is -2.35. The molecule has 0 N–H and O–H groups in total. The molecule has 0 fully saturated rings. The number of fused-ring (bicyclic) bond motifs is 2. The Hall–Kier alpha value is -0.850. The standard InChI is InChI=1S/C17H25N/c1-16(2)7-5-12-9-13-6-8-17(3,4)11-15(13)18-14(12)10-16/h9H,5-8,10-11H2,1-4H3. The Morgan fingerprint density at radius 1 is 0.833 bits per heavy atom. The Balaban J connectivity index is 1.99. The zero-order valence-corrected chi connectivity index (χ0v) is 12.3. The number of pyridine rings is 1. The molecular formula is C17H25N. The highest BCUT2D eigenvalue weighted by Gasteiger charge is 2.30. The van der Waals surface area contributed by atoms with Crippen molar-refractivity contribution in [2.75, 3.05) is 0 Å². The summed E-state index contributed by atoms with van der Waals surface area (Å²) in [4.78, 5) is 5.05. The number of hydrogen-bond acceptors (Lipinski definition) is 1. The monoisotopic (exact) mass is 243 g/mol. The van der Waals surface area contributed by atoms with E-state index in [0.29, 0.717) is 10.8 Å². The molecule has 2 aliphatic carbocycles. The van der Waals surface area contributed by atoms with Crippen molar-refractivity contribution in [2.45, 2.75) is 66.2 Å². The van der Waals surface area contributed by atoms with Gasteiger partial charge in [0.15, 0.2) is 0 Å². The molecule has 0 radical (unpaired) electrons. The topological polar surface area (TPSA) is 12.9 Å². The fraction of sp³-hybridized carbons (Fsp3) is 0.706. The van der Waals surface area contributed by atoms with Crippen LogP contribution >= 0.6 is 0 Å². The summed E-state index contributed by atoms with van der Waals surface area (Å²) in [6.45, 7) is 9.50. The van der Waals surface area contributed by atoms with Crippen molar-refractivity contribution in [2.24, 2.45) is 10.8 Å². The number of rotatable bonds is 0.